The lowest BCUT2D eigenvalue weighted by Gasteiger charge is -2.21. The Morgan fingerprint density at radius 1 is 1.00 bits per heavy atom. The van der Waals surface area contributed by atoms with Gasteiger partial charge in [-0.15, -0.1) is 0 Å². The van der Waals surface area contributed by atoms with E-state index >= 15 is 0 Å². The Hall–Kier alpha value is -3.21. The van der Waals surface area contributed by atoms with Crippen molar-refractivity contribution in [2.24, 2.45) is 0 Å². The van der Waals surface area contributed by atoms with E-state index < -0.39 is 11.9 Å². The molecule has 1 aromatic carbocycles. The fourth-order valence-electron chi connectivity index (χ4n) is 3.19. The van der Waals surface area contributed by atoms with Crippen LogP contribution in [0.5, 0.6) is 0 Å². The van der Waals surface area contributed by atoms with Crippen LogP contribution in [0, 0.1) is 27.7 Å². The van der Waals surface area contributed by atoms with Crippen molar-refractivity contribution < 1.29 is 4.79 Å². The van der Waals surface area contributed by atoms with Gasteiger partial charge in [-0.2, -0.15) is 0 Å². The highest BCUT2D eigenvalue weighted by atomic mass is 16.2. The van der Waals surface area contributed by atoms with Crippen LogP contribution in [0.4, 0.5) is 0 Å². The number of nitrogens with zero attached hydrogens (tertiary/aromatic N) is 1. The van der Waals surface area contributed by atoms with Gasteiger partial charge in [0, 0.05) is 18.1 Å². The van der Waals surface area contributed by atoms with Crippen LogP contribution in [0.25, 0.3) is 0 Å². The Morgan fingerprint density at radius 2 is 1.78 bits per heavy atom. The number of pyridine rings is 2. The molecule has 0 spiro atoms. The number of carbonyl (C=O) groups excluding carboxylic acids is 1. The van der Waals surface area contributed by atoms with Crippen molar-refractivity contribution in [2.45, 2.75) is 33.7 Å². The molecule has 0 fully saturated rings. The predicted molar refractivity (Wildman–Crippen MR) is 106 cm³/mol. The maximum Gasteiger partial charge on any atom is 0.261 e. The molecule has 0 radical (unpaired) electrons. The number of hydrogen-bond donors (Lipinski definition) is 2. The van der Waals surface area contributed by atoms with Gasteiger partial charge < -0.3 is 10.3 Å². The Morgan fingerprint density at radius 3 is 2.41 bits per heavy atom. The van der Waals surface area contributed by atoms with Gasteiger partial charge in [0.25, 0.3) is 11.5 Å². The van der Waals surface area contributed by atoms with Crippen molar-refractivity contribution >= 4 is 5.91 Å². The van der Waals surface area contributed by atoms with E-state index in [1.807, 2.05) is 38.1 Å². The van der Waals surface area contributed by atoms with Gasteiger partial charge in [0.15, 0.2) is 0 Å². The summed E-state index contributed by atoms with van der Waals surface area (Å²) in [6.45, 7) is 7.65. The maximum absolute atomic E-state index is 13.0. The molecule has 0 saturated carbocycles. The average Bonchev–Trinajstić information content (AvgIpc) is 2.62. The molecule has 0 bridgehead atoms. The first kappa shape index (κ1) is 18.6. The summed E-state index contributed by atoms with van der Waals surface area (Å²) in [6.07, 6.45) is 3.42. The van der Waals surface area contributed by atoms with E-state index in [0.717, 1.165) is 22.4 Å². The lowest BCUT2D eigenvalue weighted by atomic mass is 9.96. The SMILES string of the molecule is Cc1cc(C)c(C(=O)N[C@H](c2cccnc2)c2ccc(C)c(C)c2)c(=O)[nH]1. The predicted octanol–water partition coefficient (Wildman–Crippen LogP) is 3.52. The molecule has 5 nitrogen and oxygen atoms in total. The Bertz CT molecular complexity index is 1040. The molecular formula is C22H23N3O2. The van der Waals surface area contributed by atoms with Crippen LogP contribution in [0.15, 0.2) is 53.6 Å². The minimum Gasteiger partial charge on any atom is -0.341 e. The molecule has 0 unspecified atom stereocenters. The first-order valence-electron chi connectivity index (χ1n) is 8.85. The zero-order valence-corrected chi connectivity index (χ0v) is 16.0. The number of H-pyrrole nitrogens is 1. The zero-order chi connectivity index (χ0) is 19.6. The van der Waals surface area contributed by atoms with Crippen LogP contribution >= 0.6 is 0 Å². The average molecular weight is 361 g/mol. The standard InChI is InChI=1S/C22H23N3O2/c1-13-7-8-17(11-14(13)2)20(18-6-5-9-23-12-18)25-22(27)19-15(3)10-16(4)24-21(19)26/h5-12,20H,1-4H3,(H,24,26)(H,25,27)/t20-/m0/s1. The van der Waals surface area contributed by atoms with Crippen LogP contribution in [0.2, 0.25) is 0 Å². The first-order valence-corrected chi connectivity index (χ1v) is 8.85. The summed E-state index contributed by atoms with van der Waals surface area (Å²) in [5, 5.41) is 3.01. The third-order valence-corrected chi connectivity index (χ3v) is 4.75. The third-order valence-electron chi connectivity index (χ3n) is 4.75. The van der Waals surface area contributed by atoms with Crippen molar-refractivity contribution in [3.8, 4) is 0 Å². The molecule has 138 valence electrons. The fraction of sp³-hybridized carbons (Fsp3) is 0.227. The highest BCUT2D eigenvalue weighted by Crippen LogP contribution is 2.24. The highest BCUT2D eigenvalue weighted by Gasteiger charge is 2.21. The van der Waals surface area contributed by atoms with Crippen molar-refractivity contribution in [1.82, 2.24) is 15.3 Å². The topological polar surface area (TPSA) is 74.8 Å². The molecule has 0 aliphatic rings. The number of nitrogens with one attached hydrogen (secondary N) is 2. The number of rotatable bonds is 4. The lowest BCUT2D eigenvalue weighted by molar-refractivity contribution is 0.0940. The highest BCUT2D eigenvalue weighted by molar-refractivity contribution is 5.95. The molecule has 3 rings (SSSR count). The first-order chi connectivity index (χ1) is 12.9. The molecule has 1 atom stereocenters. The molecule has 27 heavy (non-hydrogen) atoms. The number of carbonyl (C=O) groups is 1. The van der Waals surface area contributed by atoms with Crippen molar-refractivity contribution in [3.05, 3.63) is 98.2 Å². The van der Waals surface area contributed by atoms with Gasteiger partial charge >= 0.3 is 0 Å². The normalized spacial score (nSPS) is 11.9. The molecule has 2 N–H and O–H groups in total. The molecule has 5 heteroatoms. The second-order valence-electron chi connectivity index (χ2n) is 6.88. The summed E-state index contributed by atoms with van der Waals surface area (Å²) in [4.78, 5) is 32.2. The van der Waals surface area contributed by atoms with Gasteiger partial charge in [0.2, 0.25) is 0 Å². The number of aromatic amines is 1. The van der Waals surface area contributed by atoms with Crippen molar-refractivity contribution in [1.29, 1.82) is 0 Å². The Balaban J connectivity index is 2.03. The number of hydrogen-bond acceptors (Lipinski definition) is 3. The summed E-state index contributed by atoms with van der Waals surface area (Å²) in [5.41, 5.74) is 5.26. The largest absolute Gasteiger partial charge is 0.341 e. The second-order valence-corrected chi connectivity index (χ2v) is 6.88. The van der Waals surface area contributed by atoms with Crippen molar-refractivity contribution in [2.75, 3.05) is 0 Å². The van der Waals surface area contributed by atoms with E-state index in [-0.39, 0.29) is 11.1 Å². The van der Waals surface area contributed by atoms with Crippen LogP contribution in [0.1, 0.15) is 49.9 Å². The molecule has 0 aliphatic heterocycles. The van der Waals surface area contributed by atoms with Gasteiger partial charge in [0.05, 0.1) is 6.04 Å². The van der Waals surface area contributed by atoms with E-state index in [1.165, 1.54) is 5.56 Å². The van der Waals surface area contributed by atoms with E-state index in [0.29, 0.717) is 5.56 Å². The van der Waals surface area contributed by atoms with Gasteiger partial charge in [0.1, 0.15) is 5.56 Å². The summed E-state index contributed by atoms with van der Waals surface area (Å²) in [5.74, 6) is -0.402. The molecule has 0 saturated heterocycles. The minimum absolute atomic E-state index is 0.137. The van der Waals surface area contributed by atoms with Gasteiger partial charge in [-0.3, -0.25) is 14.6 Å². The van der Waals surface area contributed by atoms with Crippen LogP contribution in [0.3, 0.4) is 0 Å². The van der Waals surface area contributed by atoms with Gasteiger partial charge in [-0.05, 0) is 67.6 Å². The Kier molecular flexibility index (Phi) is 5.21. The van der Waals surface area contributed by atoms with E-state index in [4.69, 9.17) is 0 Å². The molecule has 3 aromatic rings. The molecule has 1 amide bonds. The maximum atomic E-state index is 13.0. The zero-order valence-electron chi connectivity index (χ0n) is 16.0. The van der Waals surface area contributed by atoms with E-state index in [2.05, 4.69) is 21.4 Å². The molecule has 2 heterocycles. The summed E-state index contributed by atoms with van der Waals surface area (Å²) in [6, 6.07) is 11.2. The summed E-state index contributed by atoms with van der Waals surface area (Å²) in [7, 11) is 0. The van der Waals surface area contributed by atoms with Gasteiger partial charge in [-0.1, -0.05) is 24.3 Å². The summed E-state index contributed by atoms with van der Waals surface area (Å²) >= 11 is 0. The van der Waals surface area contributed by atoms with Crippen LogP contribution in [-0.2, 0) is 0 Å². The van der Waals surface area contributed by atoms with Crippen LogP contribution in [-0.4, -0.2) is 15.9 Å². The second kappa shape index (κ2) is 7.58. The number of aromatic nitrogens is 2. The quantitative estimate of drug-likeness (QED) is 0.746. The Labute approximate surface area is 158 Å². The fourth-order valence-corrected chi connectivity index (χ4v) is 3.19. The molecular weight excluding hydrogens is 338 g/mol. The monoisotopic (exact) mass is 361 g/mol. The number of amides is 1. The smallest absolute Gasteiger partial charge is 0.261 e. The third kappa shape index (κ3) is 3.97. The van der Waals surface area contributed by atoms with Crippen LogP contribution < -0.4 is 10.9 Å². The summed E-state index contributed by atoms with van der Waals surface area (Å²) < 4.78 is 0. The van der Waals surface area contributed by atoms with E-state index in [1.54, 1.807) is 32.3 Å². The van der Waals surface area contributed by atoms with Crippen molar-refractivity contribution in [3.63, 3.8) is 0 Å². The molecule has 0 aliphatic carbocycles. The number of benzene rings is 1. The van der Waals surface area contributed by atoms with E-state index in [9.17, 15) is 9.59 Å². The minimum atomic E-state index is -0.402. The molecule has 2 aromatic heterocycles. The van der Waals surface area contributed by atoms with Gasteiger partial charge in [-0.25, -0.2) is 0 Å². The number of aryl methyl sites for hydroxylation is 4. The lowest BCUT2D eigenvalue weighted by Crippen LogP contribution is -2.34.